The Hall–Kier alpha value is -0.830. The predicted molar refractivity (Wildman–Crippen MR) is 39.9 cm³/mol. The highest BCUT2D eigenvalue weighted by molar-refractivity contribution is 5.72. The van der Waals surface area contributed by atoms with Crippen molar-refractivity contribution < 1.29 is 9.90 Å². The molecule has 0 spiro atoms. The highest BCUT2D eigenvalue weighted by Crippen LogP contribution is 1.82. The minimum absolute atomic E-state index is 0.458. The molecule has 0 saturated carbocycles. The zero-order valence-corrected chi connectivity index (χ0v) is 6.13. The van der Waals surface area contributed by atoms with Crippen molar-refractivity contribution in [2.45, 2.75) is 19.4 Å². The van der Waals surface area contributed by atoms with Crippen molar-refractivity contribution in [1.82, 2.24) is 5.32 Å². The lowest BCUT2D eigenvalue weighted by atomic mass is 10.3. The first-order valence-corrected chi connectivity index (χ1v) is 3.25. The number of hydrogen-bond acceptors (Lipinski definition) is 2. The summed E-state index contributed by atoms with van der Waals surface area (Å²) in [6.07, 6.45) is 2.55. The number of hydrogen-bond donors (Lipinski definition) is 2. The summed E-state index contributed by atoms with van der Waals surface area (Å²) in [7, 11) is 0. The van der Waals surface area contributed by atoms with E-state index in [-0.39, 0.29) is 0 Å². The third-order valence-electron chi connectivity index (χ3n) is 1.17. The van der Waals surface area contributed by atoms with Gasteiger partial charge in [0.15, 0.2) is 0 Å². The molecular formula is C7H13NO2. The standard InChI is InChI=1S/C7H13NO2/c1-3-4-5-8-6(2)7(9)10/h3,6,8H,1,4-5H2,2H3,(H,9,10)/t6-/m1/s1. The number of carboxylic acid groups (broad SMARTS) is 1. The Morgan fingerprint density at radius 3 is 2.90 bits per heavy atom. The van der Waals surface area contributed by atoms with Gasteiger partial charge in [0.2, 0.25) is 0 Å². The lowest BCUT2D eigenvalue weighted by Crippen LogP contribution is -2.34. The topological polar surface area (TPSA) is 49.3 Å². The second-order valence-corrected chi connectivity index (χ2v) is 2.09. The molecule has 0 aromatic rings. The van der Waals surface area contributed by atoms with E-state index in [2.05, 4.69) is 11.9 Å². The Balaban J connectivity index is 3.30. The number of carbonyl (C=O) groups is 1. The molecule has 0 unspecified atom stereocenters. The van der Waals surface area contributed by atoms with Gasteiger partial charge in [0.25, 0.3) is 0 Å². The molecule has 0 aliphatic heterocycles. The minimum atomic E-state index is -0.816. The van der Waals surface area contributed by atoms with Crippen molar-refractivity contribution in [3.05, 3.63) is 12.7 Å². The third-order valence-corrected chi connectivity index (χ3v) is 1.17. The van der Waals surface area contributed by atoms with Crippen LogP contribution in [0.2, 0.25) is 0 Å². The maximum Gasteiger partial charge on any atom is 0.320 e. The van der Waals surface area contributed by atoms with Crippen LogP contribution in [0, 0.1) is 0 Å². The molecule has 0 heterocycles. The summed E-state index contributed by atoms with van der Waals surface area (Å²) in [6, 6.07) is -0.458. The number of rotatable bonds is 5. The predicted octanol–water partition coefficient (Wildman–Crippen LogP) is 0.625. The quantitative estimate of drug-likeness (QED) is 0.438. The van der Waals surface area contributed by atoms with Crippen LogP contribution in [-0.2, 0) is 4.79 Å². The molecule has 58 valence electrons. The fourth-order valence-electron chi connectivity index (χ4n) is 0.489. The second-order valence-electron chi connectivity index (χ2n) is 2.09. The minimum Gasteiger partial charge on any atom is -0.480 e. The van der Waals surface area contributed by atoms with Crippen molar-refractivity contribution in [3.63, 3.8) is 0 Å². The number of nitrogens with one attached hydrogen (secondary N) is 1. The van der Waals surface area contributed by atoms with Gasteiger partial charge in [0.05, 0.1) is 0 Å². The lowest BCUT2D eigenvalue weighted by molar-refractivity contribution is -0.138. The van der Waals surface area contributed by atoms with Crippen LogP contribution in [0.3, 0.4) is 0 Å². The van der Waals surface area contributed by atoms with Crippen molar-refractivity contribution in [2.24, 2.45) is 0 Å². The summed E-state index contributed by atoms with van der Waals surface area (Å²) in [5, 5.41) is 11.2. The molecule has 0 bridgehead atoms. The van der Waals surface area contributed by atoms with Crippen molar-refractivity contribution >= 4 is 5.97 Å². The molecule has 1 atom stereocenters. The zero-order valence-electron chi connectivity index (χ0n) is 6.13. The molecule has 0 amide bonds. The van der Waals surface area contributed by atoms with Gasteiger partial charge in [0.1, 0.15) is 6.04 Å². The Kier molecular flexibility index (Phi) is 4.58. The first kappa shape index (κ1) is 9.17. The molecule has 3 heteroatoms. The van der Waals surface area contributed by atoms with Gasteiger partial charge in [-0.3, -0.25) is 4.79 Å². The van der Waals surface area contributed by atoms with Gasteiger partial charge in [0, 0.05) is 0 Å². The van der Waals surface area contributed by atoms with Gasteiger partial charge < -0.3 is 10.4 Å². The highest BCUT2D eigenvalue weighted by atomic mass is 16.4. The molecule has 0 fully saturated rings. The largest absolute Gasteiger partial charge is 0.480 e. The average Bonchev–Trinajstić information content (AvgIpc) is 1.88. The van der Waals surface area contributed by atoms with Crippen LogP contribution in [0.1, 0.15) is 13.3 Å². The highest BCUT2D eigenvalue weighted by Gasteiger charge is 2.07. The van der Waals surface area contributed by atoms with Crippen LogP contribution in [0.5, 0.6) is 0 Å². The lowest BCUT2D eigenvalue weighted by Gasteiger charge is -2.06. The molecule has 0 rings (SSSR count). The molecule has 0 aliphatic carbocycles. The van der Waals surface area contributed by atoms with Crippen molar-refractivity contribution in [1.29, 1.82) is 0 Å². The van der Waals surface area contributed by atoms with Crippen LogP contribution in [0.25, 0.3) is 0 Å². The van der Waals surface area contributed by atoms with Crippen molar-refractivity contribution in [3.8, 4) is 0 Å². The van der Waals surface area contributed by atoms with E-state index in [0.29, 0.717) is 6.54 Å². The SMILES string of the molecule is C=CCCN[C@H](C)C(=O)O. The summed E-state index contributed by atoms with van der Waals surface area (Å²) < 4.78 is 0. The smallest absolute Gasteiger partial charge is 0.320 e. The normalized spacial score (nSPS) is 12.5. The monoisotopic (exact) mass is 143 g/mol. The molecule has 0 aromatic carbocycles. The van der Waals surface area contributed by atoms with E-state index in [1.807, 2.05) is 0 Å². The third kappa shape index (κ3) is 4.09. The maximum absolute atomic E-state index is 10.2. The molecular weight excluding hydrogens is 130 g/mol. The first-order chi connectivity index (χ1) is 4.68. The van der Waals surface area contributed by atoms with E-state index in [9.17, 15) is 4.79 Å². The van der Waals surface area contributed by atoms with Crippen LogP contribution in [0.4, 0.5) is 0 Å². The Morgan fingerprint density at radius 2 is 2.50 bits per heavy atom. The van der Waals surface area contributed by atoms with Gasteiger partial charge >= 0.3 is 5.97 Å². The molecule has 2 N–H and O–H groups in total. The fraction of sp³-hybridized carbons (Fsp3) is 0.571. The number of aliphatic carboxylic acids is 1. The van der Waals surface area contributed by atoms with Crippen LogP contribution < -0.4 is 5.32 Å². The van der Waals surface area contributed by atoms with Gasteiger partial charge in [-0.15, -0.1) is 6.58 Å². The van der Waals surface area contributed by atoms with Gasteiger partial charge in [-0.25, -0.2) is 0 Å². The van der Waals surface area contributed by atoms with E-state index >= 15 is 0 Å². The van der Waals surface area contributed by atoms with Crippen molar-refractivity contribution in [2.75, 3.05) is 6.54 Å². The maximum atomic E-state index is 10.2. The summed E-state index contributed by atoms with van der Waals surface area (Å²) in [5.74, 6) is -0.816. The number of carboxylic acids is 1. The van der Waals surface area contributed by atoms with Gasteiger partial charge in [-0.1, -0.05) is 6.08 Å². The Labute approximate surface area is 60.7 Å². The fourth-order valence-corrected chi connectivity index (χ4v) is 0.489. The average molecular weight is 143 g/mol. The van der Waals surface area contributed by atoms with Crippen LogP contribution in [-0.4, -0.2) is 23.7 Å². The van der Waals surface area contributed by atoms with E-state index in [0.717, 1.165) is 6.42 Å². The first-order valence-electron chi connectivity index (χ1n) is 3.25. The summed E-state index contributed by atoms with van der Waals surface area (Å²) in [4.78, 5) is 10.2. The van der Waals surface area contributed by atoms with E-state index in [4.69, 9.17) is 5.11 Å². The summed E-state index contributed by atoms with van der Waals surface area (Å²) in [5.41, 5.74) is 0. The Bertz CT molecular complexity index is 123. The van der Waals surface area contributed by atoms with Crippen LogP contribution >= 0.6 is 0 Å². The van der Waals surface area contributed by atoms with E-state index in [1.165, 1.54) is 0 Å². The Morgan fingerprint density at radius 1 is 1.90 bits per heavy atom. The zero-order chi connectivity index (χ0) is 7.98. The second kappa shape index (κ2) is 4.99. The van der Waals surface area contributed by atoms with E-state index in [1.54, 1.807) is 13.0 Å². The summed E-state index contributed by atoms with van der Waals surface area (Å²) >= 11 is 0. The molecule has 0 radical (unpaired) electrons. The van der Waals surface area contributed by atoms with Crippen LogP contribution in [0.15, 0.2) is 12.7 Å². The van der Waals surface area contributed by atoms with Gasteiger partial charge in [-0.2, -0.15) is 0 Å². The molecule has 10 heavy (non-hydrogen) atoms. The molecule has 0 aromatic heterocycles. The molecule has 0 aliphatic rings. The summed E-state index contributed by atoms with van der Waals surface area (Å²) in [6.45, 7) is 5.81. The molecule has 3 nitrogen and oxygen atoms in total. The van der Waals surface area contributed by atoms with E-state index < -0.39 is 12.0 Å². The van der Waals surface area contributed by atoms with Gasteiger partial charge in [-0.05, 0) is 19.9 Å². The molecule has 0 saturated heterocycles.